The molecule has 0 saturated heterocycles. The smallest absolute Gasteiger partial charge is 0.412 e. The molecule has 0 bridgehead atoms. The topological polar surface area (TPSA) is 118 Å². The van der Waals surface area contributed by atoms with Crippen LogP contribution in [-0.2, 0) is 4.79 Å². The number of benzene rings is 2. The molecule has 1 aliphatic rings. The number of aromatic nitrogens is 1. The predicted octanol–water partition coefficient (Wildman–Crippen LogP) is 3.27. The van der Waals surface area contributed by atoms with Crippen molar-refractivity contribution in [1.29, 1.82) is 5.26 Å². The fourth-order valence-electron chi connectivity index (χ4n) is 3.85. The van der Waals surface area contributed by atoms with Crippen LogP contribution in [0.2, 0.25) is 0 Å². The molecular formula is C26H21InN3O3. The van der Waals surface area contributed by atoms with E-state index in [0.717, 1.165) is 45.9 Å². The zero-order valence-corrected chi connectivity index (χ0v) is 21.3. The van der Waals surface area contributed by atoms with Gasteiger partial charge in [-0.15, -0.1) is 0 Å². The van der Waals surface area contributed by atoms with E-state index in [0.29, 0.717) is 5.56 Å². The average molecular weight is 538 g/mol. The van der Waals surface area contributed by atoms with E-state index in [1.807, 2.05) is 36.5 Å². The standard InChI is InChI=1S/C26H19N3O2.In.H2O/c1-2-23(24-12-13-29-17-22(24)16-28)26(21-5-3-4-19(14-21)15-27)20-9-6-18(7-10-20)8-11-25(30)31;;/h3,5-15,17H,2H2,1H3,(H,30,31);;1H2/q-1;+1;/b11-8+,26-23+;;. The Morgan fingerprint density at radius 3 is 2.61 bits per heavy atom. The molecule has 4 rings (SSSR count). The zero-order chi connectivity index (χ0) is 22.5. The molecule has 0 saturated carbocycles. The summed E-state index contributed by atoms with van der Waals surface area (Å²) in [4.78, 5) is 15.0. The molecule has 2 heterocycles. The number of nitriles is 1. The Bertz CT molecular complexity index is 1320. The van der Waals surface area contributed by atoms with Crippen LogP contribution in [0, 0.1) is 11.3 Å². The van der Waals surface area contributed by atoms with Crippen molar-refractivity contribution in [2.24, 2.45) is 2.98 Å². The molecule has 0 amide bonds. The Hall–Kier alpha value is -3.47. The van der Waals surface area contributed by atoms with Gasteiger partial charge in [0.25, 0.3) is 0 Å². The van der Waals surface area contributed by atoms with Crippen LogP contribution < -0.4 is 3.32 Å². The Labute approximate surface area is 203 Å². The summed E-state index contributed by atoms with van der Waals surface area (Å²) >= 11 is -1.03. The maximum Gasteiger partial charge on any atom is -0.412 e. The molecule has 1 aromatic heterocycles. The maximum atomic E-state index is 10.8. The average Bonchev–Trinajstić information content (AvgIpc) is 3.29. The first-order valence-corrected chi connectivity index (χ1v) is 13.3. The first-order valence-electron chi connectivity index (χ1n) is 10.2. The molecule has 7 heteroatoms. The third-order valence-corrected chi connectivity index (χ3v) is 8.49. The van der Waals surface area contributed by atoms with Gasteiger partial charge in [-0.1, -0.05) is 0 Å². The van der Waals surface area contributed by atoms with Gasteiger partial charge in [-0.2, -0.15) is 0 Å². The number of carbonyl (C=O) groups is 1. The van der Waals surface area contributed by atoms with Gasteiger partial charge < -0.3 is 10.6 Å². The van der Waals surface area contributed by atoms with Crippen LogP contribution >= 0.6 is 0 Å². The molecule has 1 aliphatic heterocycles. The number of fused-ring (bicyclic) bond motifs is 1. The van der Waals surface area contributed by atoms with Gasteiger partial charge >= 0.3 is 189 Å². The third-order valence-electron chi connectivity index (χ3n) is 5.34. The molecular weight excluding hydrogens is 517 g/mol. The van der Waals surface area contributed by atoms with E-state index in [1.165, 1.54) is 8.88 Å². The molecule has 3 N–H and O–H groups in total. The number of aliphatic carboxylic acids is 1. The summed E-state index contributed by atoms with van der Waals surface area (Å²) < 4.78 is 5.95. The van der Waals surface area contributed by atoms with Gasteiger partial charge in [-0.3, -0.25) is 0 Å². The largest absolute Gasteiger partial charge is 0.412 e. The second-order valence-corrected chi connectivity index (χ2v) is 10.6. The van der Waals surface area contributed by atoms with Crippen LogP contribution in [0.4, 0.5) is 0 Å². The van der Waals surface area contributed by atoms with Gasteiger partial charge in [-0.05, 0) is 0 Å². The van der Waals surface area contributed by atoms with Crippen molar-refractivity contribution >= 4 is 55.9 Å². The van der Waals surface area contributed by atoms with E-state index in [9.17, 15) is 10.1 Å². The van der Waals surface area contributed by atoms with Gasteiger partial charge in [0.05, 0.1) is 0 Å². The second kappa shape index (κ2) is 10.9. The Morgan fingerprint density at radius 2 is 1.91 bits per heavy atom. The van der Waals surface area contributed by atoms with Crippen molar-refractivity contribution in [2.75, 3.05) is 0 Å². The summed E-state index contributed by atoms with van der Waals surface area (Å²) in [6.45, 7) is 2.09. The molecule has 3 aromatic rings. The first-order chi connectivity index (χ1) is 15.6. The molecule has 2 aromatic carbocycles. The Morgan fingerprint density at radius 1 is 1.15 bits per heavy atom. The number of rotatable bonds is 6. The monoisotopic (exact) mass is 538 g/mol. The normalized spacial score (nSPS) is 12.4. The summed E-state index contributed by atoms with van der Waals surface area (Å²) in [6.07, 6.45) is 8.74. The quantitative estimate of drug-likeness (QED) is 0.485. The molecule has 161 valence electrons. The van der Waals surface area contributed by atoms with Gasteiger partial charge in [0.1, 0.15) is 0 Å². The van der Waals surface area contributed by atoms with Crippen molar-refractivity contribution in [3.63, 3.8) is 0 Å². The number of carboxylic acids is 1. The summed E-state index contributed by atoms with van der Waals surface area (Å²) in [5, 5.41) is 18.6. The van der Waals surface area contributed by atoms with Crippen LogP contribution in [0.5, 0.6) is 0 Å². The van der Waals surface area contributed by atoms with E-state index < -0.39 is 29.2 Å². The molecule has 0 fully saturated rings. The van der Waals surface area contributed by atoms with E-state index in [-0.39, 0.29) is 5.48 Å². The number of carboxylic acid groups (broad SMARTS) is 1. The minimum atomic E-state index is -1.03. The van der Waals surface area contributed by atoms with Crippen LogP contribution in [0.25, 0.3) is 17.2 Å². The van der Waals surface area contributed by atoms with Gasteiger partial charge in [-0.25, -0.2) is 4.79 Å². The van der Waals surface area contributed by atoms with Crippen molar-refractivity contribution in [3.8, 4) is 6.07 Å². The summed E-state index contributed by atoms with van der Waals surface area (Å²) in [5.74, 6) is -0.977. The van der Waals surface area contributed by atoms with E-state index in [2.05, 4.69) is 39.2 Å². The molecule has 0 spiro atoms. The van der Waals surface area contributed by atoms with Crippen LogP contribution in [0.15, 0.2) is 70.0 Å². The van der Waals surface area contributed by atoms with Gasteiger partial charge in [0.2, 0.25) is 0 Å². The van der Waals surface area contributed by atoms with E-state index in [4.69, 9.17) is 5.11 Å². The van der Waals surface area contributed by atoms with Gasteiger partial charge in [0.15, 0.2) is 0 Å². The van der Waals surface area contributed by atoms with Crippen LogP contribution in [-0.4, -0.2) is 50.9 Å². The first kappa shape index (κ1) is 24.2. The van der Waals surface area contributed by atoms with Gasteiger partial charge in [0, 0.05) is 0 Å². The molecule has 6 nitrogen and oxygen atoms in total. The minimum Gasteiger partial charge on any atom is -0.412 e. The summed E-state index contributed by atoms with van der Waals surface area (Å²) in [7, 11) is 0. The predicted molar refractivity (Wildman–Crippen MR) is 131 cm³/mol. The molecule has 33 heavy (non-hydrogen) atoms. The summed E-state index contributed by atoms with van der Waals surface area (Å²) in [5.41, 5.74) is 7.62. The van der Waals surface area contributed by atoms with E-state index in [1.54, 1.807) is 18.5 Å². The number of hydrogen-bond donors (Lipinski definition) is 1. The summed E-state index contributed by atoms with van der Waals surface area (Å²) in [6, 6.07) is 18.5. The van der Waals surface area contributed by atoms with Crippen molar-refractivity contribution < 1.29 is 15.4 Å². The van der Waals surface area contributed by atoms with E-state index >= 15 is 0 Å². The minimum absolute atomic E-state index is 0. The zero-order valence-electron chi connectivity index (χ0n) is 18.0. The number of allylic oxidation sites excluding steroid dienone is 1. The second-order valence-electron chi connectivity index (χ2n) is 7.28. The Balaban J connectivity index is 0.00000306. The van der Waals surface area contributed by atoms with Crippen molar-refractivity contribution in [3.05, 3.63) is 100 Å². The Kier molecular flexibility index (Phi) is 7.99. The van der Waals surface area contributed by atoms with Crippen LogP contribution in [0.1, 0.15) is 46.7 Å². The maximum absolute atomic E-state index is 10.8. The SMILES string of the molecule is CC/C(=C(/c1ccc(/C=C/C(=O)O)cc1)c1cc[c]2c(c1)C=[N][In]2)c1ccncc1C#N.O. The number of hydrogen-bond acceptors (Lipinski definition) is 4. The third kappa shape index (κ3) is 5.30. The molecule has 1 radical (unpaired) electrons. The fraction of sp³-hybridized carbons (Fsp3) is 0.0769. The molecule has 0 aliphatic carbocycles. The van der Waals surface area contributed by atoms with Crippen molar-refractivity contribution in [2.45, 2.75) is 13.3 Å². The van der Waals surface area contributed by atoms with Crippen molar-refractivity contribution in [1.82, 2.24) is 4.98 Å². The molecule has 0 atom stereocenters. The fourth-order valence-corrected chi connectivity index (χ4v) is 6.38. The number of pyridine rings is 1. The number of nitrogens with zero attached hydrogens (tertiary/aromatic N) is 3. The van der Waals surface area contributed by atoms with Crippen LogP contribution in [0.3, 0.4) is 0 Å². The molecule has 0 unspecified atom stereocenters.